The molecule has 1 aliphatic rings. The molecule has 1 aliphatic heterocycles. The lowest BCUT2D eigenvalue weighted by Gasteiger charge is -2.08. The molecule has 1 atom stereocenters. The predicted molar refractivity (Wildman–Crippen MR) is 98.8 cm³/mol. The number of carboxylic acid groups (broad SMARTS) is 1. The van der Waals surface area contributed by atoms with Crippen LogP contribution < -0.4 is 10.1 Å². The number of aliphatic carboxylic acids is 1. The Morgan fingerprint density at radius 3 is 2.96 bits per heavy atom. The topological polar surface area (TPSA) is 121 Å². The summed E-state index contributed by atoms with van der Waals surface area (Å²) in [4.78, 5) is 22.2. The molecule has 0 radical (unpaired) electrons. The Morgan fingerprint density at radius 1 is 1.54 bits per heavy atom. The number of hydrogen-bond acceptors (Lipinski definition) is 7. The second kappa shape index (κ2) is 8.33. The first-order valence-electron chi connectivity index (χ1n) is 6.86. The van der Waals surface area contributed by atoms with E-state index in [0.29, 0.717) is 21.5 Å². The molecule has 1 unspecified atom stereocenters. The van der Waals surface area contributed by atoms with E-state index in [1.807, 2.05) is 29.5 Å². The Balaban J connectivity index is 2.09. The number of carbonyl (C=O) groups excluding carboxylic acids is 1. The molecular weight excluding hydrogens is 449 g/mol. The van der Waals surface area contributed by atoms with Gasteiger partial charge in [0.25, 0.3) is 0 Å². The Bertz CT molecular complexity index is 723. The largest absolute Gasteiger partial charge is 0.504 e. The fourth-order valence-electron chi connectivity index (χ4n) is 1.83. The second-order valence-electron chi connectivity index (χ2n) is 4.63. The highest BCUT2D eigenvalue weighted by atomic mass is 127. The molecule has 24 heavy (non-hydrogen) atoms. The number of carboxylic acids is 1. The maximum atomic E-state index is 11.6. The summed E-state index contributed by atoms with van der Waals surface area (Å²) in [5.41, 5.74) is 0.668. The zero-order valence-electron chi connectivity index (χ0n) is 12.5. The van der Waals surface area contributed by atoms with Crippen molar-refractivity contribution in [2.75, 3.05) is 6.61 Å². The SMILES string of the molecule is CCOc1cc(C=NN=C2NC(=O)C(CC(=O)O)S2)cc(I)c1O. The number of aromatic hydroxyl groups is 1. The third-order valence-electron chi connectivity index (χ3n) is 2.84. The fourth-order valence-corrected chi connectivity index (χ4v) is 3.37. The monoisotopic (exact) mass is 463 g/mol. The van der Waals surface area contributed by atoms with Gasteiger partial charge in [0.05, 0.1) is 22.8 Å². The van der Waals surface area contributed by atoms with Crippen molar-refractivity contribution >= 4 is 57.6 Å². The number of amidine groups is 1. The molecule has 0 saturated carbocycles. The van der Waals surface area contributed by atoms with Crippen molar-refractivity contribution in [2.24, 2.45) is 10.2 Å². The standard InChI is InChI=1S/C14H14IN3O5S/c1-2-23-9-4-7(3-8(15)12(9)21)6-16-18-14-17-13(22)10(24-14)5-11(19)20/h3-4,6,10,21H,2,5H2,1H3,(H,19,20)(H,17,18,22). The van der Waals surface area contributed by atoms with Crippen molar-refractivity contribution in [1.82, 2.24) is 5.32 Å². The van der Waals surface area contributed by atoms with Gasteiger partial charge in [0.15, 0.2) is 16.7 Å². The molecule has 8 nitrogen and oxygen atoms in total. The van der Waals surface area contributed by atoms with Gasteiger partial charge in [-0.15, -0.1) is 5.10 Å². The number of ether oxygens (including phenoxy) is 1. The molecule has 2 rings (SSSR count). The Morgan fingerprint density at radius 2 is 2.29 bits per heavy atom. The molecule has 1 heterocycles. The highest BCUT2D eigenvalue weighted by Crippen LogP contribution is 2.32. The van der Waals surface area contributed by atoms with Crippen LogP contribution >= 0.6 is 34.4 Å². The normalized spacial score (nSPS) is 19.0. The number of carbonyl (C=O) groups is 2. The van der Waals surface area contributed by atoms with Gasteiger partial charge in [0.1, 0.15) is 5.25 Å². The van der Waals surface area contributed by atoms with Crippen molar-refractivity contribution in [3.05, 3.63) is 21.3 Å². The molecule has 1 saturated heterocycles. The smallest absolute Gasteiger partial charge is 0.305 e. The van der Waals surface area contributed by atoms with Crippen molar-refractivity contribution < 1.29 is 24.5 Å². The molecule has 10 heteroatoms. The van der Waals surface area contributed by atoms with Gasteiger partial charge in [0, 0.05) is 0 Å². The van der Waals surface area contributed by atoms with Gasteiger partial charge >= 0.3 is 5.97 Å². The fraction of sp³-hybridized carbons (Fsp3) is 0.286. The van der Waals surface area contributed by atoms with Crippen LogP contribution in [0, 0.1) is 3.57 Å². The van der Waals surface area contributed by atoms with Crippen LogP contribution in [0.3, 0.4) is 0 Å². The molecular formula is C14H14IN3O5S. The van der Waals surface area contributed by atoms with Gasteiger partial charge in [-0.1, -0.05) is 11.8 Å². The van der Waals surface area contributed by atoms with Gasteiger partial charge in [-0.05, 0) is 47.2 Å². The van der Waals surface area contributed by atoms with Gasteiger partial charge in [-0.2, -0.15) is 5.10 Å². The van der Waals surface area contributed by atoms with Gasteiger partial charge in [-0.3, -0.25) is 9.59 Å². The molecule has 0 spiro atoms. The molecule has 1 amide bonds. The first-order chi connectivity index (χ1) is 11.4. The lowest BCUT2D eigenvalue weighted by Crippen LogP contribution is -2.26. The van der Waals surface area contributed by atoms with E-state index in [-0.39, 0.29) is 17.3 Å². The van der Waals surface area contributed by atoms with Crippen LogP contribution in [0.1, 0.15) is 18.9 Å². The van der Waals surface area contributed by atoms with E-state index in [0.717, 1.165) is 11.8 Å². The third-order valence-corrected chi connectivity index (χ3v) is 4.74. The van der Waals surface area contributed by atoms with Gasteiger partial charge < -0.3 is 20.3 Å². The molecule has 128 valence electrons. The van der Waals surface area contributed by atoms with Crippen LogP contribution in [0.4, 0.5) is 0 Å². The molecule has 0 aliphatic carbocycles. The van der Waals surface area contributed by atoms with E-state index in [4.69, 9.17) is 9.84 Å². The number of nitrogens with one attached hydrogen (secondary N) is 1. The lowest BCUT2D eigenvalue weighted by atomic mass is 10.2. The quantitative estimate of drug-likeness (QED) is 0.336. The number of nitrogens with zero attached hydrogens (tertiary/aromatic N) is 2. The van der Waals surface area contributed by atoms with Crippen molar-refractivity contribution in [3.63, 3.8) is 0 Å². The van der Waals surface area contributed by atoms with Crippen LogP contribution in [-0.2, 0) is 9.59 Å². The van der Waals surface area contributed by atoms with Crippen LogP contribution in [0.2, 0.25) is 0 Å². The van der Waals surface area contributed by atoms with Crippen molar-refractivity contribution in [1.29, 1.82) is 0 Å². The summed E-state index contributed by atoms with van der Waals surface area (Å²) in [5, 5.41) is 28.4. The van der Waals surface area contributed by atoms with Crippen LogP contribution in [0.15, 0.2) is 22.3 Å². The summed E-state index contributed by atoms with van der Waals surface area (Å²) in [7, 11) is 0. The Kier molecular flexibility index (Phi) is 6.43. The number of phenols is 1. The Labute approximate surface area is 155 Å². The number of thioether (sulfide) groups is 1. The predicted octanol–water partition coefficient (Wildman–Crippen LogP) is 1.79. The van der Waals surface area contributed by atoms with E-state index >= 15 is 0 Å². The van der Waals surface area contributed by atoms with Crippen LogP contribution in [-0.4, -0.2) is 45.3 Å². The summed E-state index contributed by atoms with van der Waals surface area (Å²) in [6, 6.07) is 3.33. The average molecular weight is 463 g/mol. The van der Waals surface area contributed by atoms with E-state index in [2.05, 4.69) is 15.5 Å². The zero-order valence-corrected chi connectivity index (χ0v) is 15.5. The van der Waals surface area contributed by atoms with E-state index in [1.54, 1.807) is 12.1 Å². The maximum Gasteiger partial charge on any atom is 0.305 e. The summed E-state index contributed by atoms with van der Waals surface area (Å²) >= 11 is 3.01. The maximum absolute atomic E-state index is 11.6. The lowest BCUT2D eigenvalue weighted by molar-refractivity contribution is -0.138. The van der Waals surface area contributed by atoms with Crippen molar-refractivity contribution in [3.8, 4) is 11.5 Å². The summed E-state index contributed by atoms with van der Waals surface area (Å²) < 4.78 is 5.94. The molecule has 3 N–H and O–H groups in total. The second-order valence-corrected chi connectivity index (χ2v) is 6.98. The summed E-state index contributed by atoms with van der Waals surface area (Å²) in [6.07, 6.45) is 1.18. The van der Waals surface area contributed by atoms with E-state index in [9.17, 15) is 14.7 Å². The number of halogens is 1. The minimum Gasteiger partial charge on any atom is -0.504 e. The Hall–Kier alpha value is -1.82. The summed E-state index contributed by atoms with van der Waals surface area (Å²) in [5.74, 6) is -1.02. The van der Waals surface area contributed by atoms with Crippen molar-refractivity contribution in [2.45, 2.75) is 18.6 Å². The van der Waals surface area contributed by atoms with Gasteiger partial charge in [0.2, 0.25) is 5.91 Å². The number of phenolic OH excluding ortho intramolecular Hbond substituents is 1. The van der Waals surface area contributed by atoms with Gasteiger partial charge in [-0.25, -0.2) is 0 Å². The number of rotatable bonds is 6. The summed E-state index contributed by atoms with van der Waals surface area (Å²) in [6.45, 7) is 2.23. The van der Waals surface area contributed by atoms with Crippen LogP contribution in [0.5, 0.6) is 11.5 Å². The zero-order chi connectivity index (χ0) is 17.7. The minimum absolute atomic E-state index is 0.0658. The third kappa shape index (κ3) is 4.84. The van der Waals surface area contributed by atoms with E-state index < -0.39 is 17.1 Å². The number of hydrogen-bond donors (Lipinski definition) is 3. The molecule has 1 aromatic rings. The number of benzene rings is 1. The highest BCUT2D eigenvalue weighted by Gasteiger charge is 2.32. The highest BCUT2D eigenvalue weighted by molar-refractivity contribution is 14.1. The molecule has 1 fully saturated rings. The average Bonchev–Trinajstić information content (AvgIpc) is 2.84. The molecule has 1 aromatic carbocycles. The number of amides is 1. The minimum atomic E-state index is -1.05. The first kappa shape index (κ1) is 18.5. The van der Waals surface area contributed by atoms with E-state index in [1.165, 1.54) is 6.21 Å². The molecule has 0 bridgehead atoms. The van der Waals surface area contributed by atoms with Crippen LogP contribution in [0.25, 0.3) is 0 Å². The first-order valence-corrected chi connectivity index (χ1v) is 8.82. The molecule has 0 aromatic heterocycles.